The Morgan fingerprint density at radius 1 is 1.42 bits per heavy atom. The lowest BCUT2D eigenvalue weighted by atomic mass is 9.93. The molecule has 1 aromatic rings. The fourth-order valence-corrected chi connectivity index (χ4v) is 3.28. The molecule has 2 rings (SSSR count). The van der Waals surface area contributed by atoms with Gasteiger partial charge in [0.1, 0.15) is 5.82 Å². The summed E-state index contributed by atoms with van der Waals surface area (Å²) in [4.78, 5) is 2.49. The fourth-order valence-electron chi connectivity index (χ4n) is 3.28. The minimum atomic E-state index is -0.163. The minimum Gasteiger partial charge on any atom is -0.329 e. The molecule has 2 N–H and O–H groups in total. The topological polar surface area (TPSA) is 29.3 Å². The molecule has 0 saturated carbocycles. The number of likely N-dealkylation sites (tertiary alicyclic amines) is 1. The molecule has 1 heterocycles. The van der Waals surface area contributed by atoms with Crippen LogP contribution in [0.15, 0.2) is 18.2 Å². The van der Waals surface area contributed by atoms with Crippen molar-refractivity contribution in [1.29, 1.82) is 0 Å². The molecule has 1 saturated heterocycles. The van der Waals surface area contributed by atoms with E-state index in [2.05, 4.69) is 11.8 Å². The van der Waals surface area contributed by atoms with Crippen LogP contribution in [0.1, 0.15) is 49.8 Å². The second-order valence-electron chi connectivity index (χ2n) is 5.55. The van der Waals surface area contributed by atoms with E-state index in [4.69, 9.17) is 5.73 Å². The van der Waals surface area contributed by atoms with E-state index in [0.29, 0.717) is 12.6 Å². The highest BCUT2D eigenvalue weighted by Gasteiger charge is 2.28. The lowest BCUT2D eigenvalue weighted by Gasteiger charge is -2.41. The third-order valence-corrected chi connectivity index (χ3v) is 4.37. The molecule has 106 valence electrons. The van der Waals surface area contributed by atoms with Gasteiger partial charge in [-0.15, -0.1) is 0 Å². The maximum absolute atomic E-state index is 13.5. The van der Waals surface area contributed by atoms with Gasteiger partial charge in [0.2, 0.25) is 0 Å². The van der Waals surface area contributed by atoms with Crippen LogP contribution < -0.4 is 5.73 Å². The average Bonchev–Trinajstić information content (AvgIpc) is 2.44. The zero-order chi connectivity index (χ0) is 13.8. The Balaban J connectivity index is 2.29. The molecule has 1 aromatic carbocycles. The first kappa shape index (κ1) is 14.5. The van der Waals surface area contributed by atoms with Crippen molar-refractivity contribution in [3.05, 3.63) is 35.1 Å². The van der Waals surface area contributed by atoms with Gasteiger partial charge < -0.3 is 5.73 Å². The second kappa shape index (κ2) is 6.49. The Morgan fingerprint density at radius 2 is 2.21 bits per heavy atom. The standard InChI is InChI=1S/C16H25FN2/c1-3-14-6-4-5-9-19(14)16(11-18)15-10-13(17)8-7-12(15)2/h7-8,10,14,16H,3-6,9,11,18H2,1-2H3. The van der Waals surface area contributed by atoms with Crippen LogP contribution in [0.2, 0.25) is 0 Å². The van der Waals surface area contributed by atoms with Crippen molar-refractivity contribution in [1.82, 2.24) is 4.90 Å². The number of rotatable bonds is 4. The number of hydrogen-bond donors (Lipinski definition) is 1. The van der Waals surface area contributed by atoms with Crippen molar-refractivity contribution >= 4 is 0 Å². The molecule has 0 spiro atoms. The average molecular weight is 264 g/mol. The molecule has 2 unspecified atom stereocenters. The Kier molecular flexibility index (Phi) is 4.94. The van der Waals surface area contributed by atoms with E-state index >= 15 is 0 Å². The number of halogens is 1. The molecule has 1 aliphatic rings. The van der Waals surface area contributed by atoms with Gasteiger partial charge in [0, 0.05) is 18.6 Å². The van der Waals surface area contributed by atoms with Crippen molar-refractivity contribution in [2.24, 2.45) is 5.73 Å². The Morgan fingerprint density at radius 3 is 2.89 bits per heavy atom. The van der Waals surface area contributed by atoms with Gasteiger partial charge >= 0.3 is 0 Å². The quantitative estimate of drug-likeness (QED) is 0.903. The fraction of sp³-hybridized carbons (Fsp3) is 0.625. The van der Waals surface area contributed by atoms with Crippen molar-refractivity contribution in [3.8, 4) is 0 Å². The number of aryl methyl sites for hydroxylation is 1. The zero-order valence-electron chi connectivity index (χ0n) is 12.0. The highest BCUT2D eigenvalue weighted by Crippen LogP contribution is 2.31. The molecular formula is C16H25FN2. The molecule has 0 bridgehead atoms. The normalized spacial score (nSPS) is 22.4. The van der Waals surface area contributed by atoms with Crippen molar-refractivity contribution in [2.75, 3.05) is 13.1 Å². The van der Waals surface area contributed by atoms with Gasteiger partial charge in [0.05, 0.1) is 0 Å². The number of hydrogen-bond acceptors (Lipinski definition) is 2. The lowest BCUT2D eigenvalue weighted by Crippen LogP contribution is -2.44. The SMILES string of the molecule is CCC1CCCCN1C(CN)c1cc(F)ccc1C. The summed E-state index contributed by atoms with van der Waals surface area (Å²) in [5, 5.41) is 0. The lowest BCUT2D eigenvalue weighted by molar-refractivity contribution is 0.0944. The monoisotopic (exact) mass is 264 g/mol. The maximum atomic E-state index is 13.5. The molecule has 3 heteroatoms. The molecule has 19 heavy (non-hydrogen) atoms. The first-order valence-electron chi connectivity index (χ1n) is 7.39. The number of nitrogens with zero attached hydrogens (tertiary/aromatic N) is 1. The third-order valence-electron chi connectivity index (χ3n) is 4.37. The maximum Gasteiger partial charge on any atom is 0.123 e. The van der Waals surface area contributed by atoms with Crippen LogP contribution >= 0.6 is 0 Å². The highest BCUT2D eigenvalue weighted by molar-refractivity contribution is 5.30. The molecule has 0 radical (unpaired) electrons. The minimum absolute atomic E-state index is 0.154. The molecule has 2 nitrogen and oxygen atoms in total. The number of piperidine rings is 1. The highest BCUT2D eigenvalue weighted by atomic mass is 19.1. The molecule has 0 aromatic heterocycles. The van der Waals surface area contributed by atoms with E-state index in [1.165, 1.54) is 25.3 Å². The summed E-state index contributed by atoms with van der Waals surface area (Å²) < 4.78 is 13.5. The third kappa shape index (κ3) is 3.15. The van der Waals surface area contributed by atoms with Gasteiger partial charge in [-0.1, -0.05) is 19.4 Å². The van der Waals surface area contributed by atoms with Gasteiger partial charge in [-0.3, -0.25) is 4.90 Å². The number of benzene rings is 1. The summed E-state index contributed by atoms with van der Waals surface area (Å²) >= 11 is 0. The number of nitrogens with two attached hydrogens (primary N) is 1. The molecule has 1 fully saturated rings. The van der Waals surface area contributed by atoms with Gasteiger partial charge in [-0.2, -0.15) is 0 Å². The largest absolute Gasteiger partial charge is 0.329 e. The van der Waals surface area contributed by atoms with Crippen LogP contribution in [0.4, 0.5) is 4.39 Å². The molecular weight excluding hydrogens is 239 g/mol. The summed E-state index contributed by atoms with van der Waals surface area (Å²) in [6.45, 7) is 5.91. The van der Waals surface area contributed by atoms with Crippen molar-refractivity contribution in [3.63, 3.8) is 0 Å². The summed E-state index contributed by atoms with van der Waals surface area (Å²) in [5.74, 6) is -0.163. The van der Waals surface area contributed by atoms with Crippen molar-refractivity contribution in [2.45, 2.75) is 51.6 Å². The van der Waals surface area contributed by atoms with Gasteiger partial charge in [-0.25, -0.2) is 4.39 Å². The molecule has 1 aliphatic heterocycles. The van der Waals surface area contributed by atoms with Crippen LogP contribution in [0.5, 0.6) is 0 Å². The van der Waals surface area contributed by atoms with E-state index in [9.17, 15) is 4.39 Å². The van der Waals surface area contributed by atoms with Crippen LogP contribution in [0.25, 0.3) is 0 Å². The Hall–Kier alpha value is -0.930. The Labute approximate surface area is 115 Å². The van der Waals surface area contributed by atoms with E-state index in [1.807, 2.05) is 13.0 Å². The molecule has 0 aliphatic carbocycles. The smallest absolute Gasteiger partial charge is 0.123 e. The van der Waals surface area contributed by atoms with Gasteiger partial charge in [0.15, 0.2) is 0 Å². The summed E-state index contributed by atoms with van der Waals surface area (Å²) in [6, 6.07) is 5.79. The first-order chi connectivity index (χ1) is 9.17. The van der Waals surface area contributed by atoms with E-state index in [-0.39, 0.29) is 11.9 Å². The van der Waals surface area contributed by atoms with Crippen LogP contribution in [-0.2, 0) is 0 Å². The molecule has 0 amide bonds. The molecule has 2 atom stereocenters. The van der Waals surface area contributed by atoms with Crippen LogP contribution in [0, 0.1) is 12.7 Å². The summed E-state index contributed by atoms with van der Waals surface area (Å²) in [6.07, 6.45) is 4.90. The zero-order valence-corrected chi connectivity index (χ0v) is 12.0. The predicted octanol–water partition coefficient (Wildman–Crippen LogP) is 3.40. The van der Waals surface area contributed by atoms with Gasteiger partial charge in [0.25, 0.3) is 0 Å². The van der Waals surface area contributed by atoms with Crippen molar-refractivity contribution < 1.29 is 4.39 Å². The van der Waals surface area contributed by atoms with E-state index in [1.54, 1.807) is 6.07 Å². The summed E-state index contributed by atoms with van der Waals surface area (Å²) in [5.41, 5.74) is 8.20. The van der Waals surface area contributed by atoms with Gasteiger partial charge in [-0.05, 0) is 56.0 Å². The van der Waals surface area contributed by atoms with Crippen LogP contribution in [-0.4, -0.2) is 24.0 Å². The van der Waals surface area contributed by atoms with E-state index < -0.39 is 0 Å². The second-order valence-corrected chi connectivity index (χ2v) is 5.55. The Bertz CT molecular complexity index is 419. The van der Waals surface area contributed by atoms with E-state index in [0.717, 1.165) is 24.1 Å². The first-order valence-corrected chi connectivity index (χ1v) is 7.39. The van der Waals surface area contributed by atoms with Crippen LogP contribution in [0.3, 0.4) is 0 Å². The summed E-state index contributed by atoms with van der Waals surface area (Å²) in [7, 11) is 0. The predicted molar refractivity (Wildman–Crippen MR) is 77.6 cm³/mol.